The summed E-state index contributed by atoms with van der Waals surface area (Å²) in [5, 5.41) is 13.9. The number of anilines is 1. The minimum atomic E-state index is -1.20. The van der Waals surface area contributed by atoms with E-state index in [4.69, 9.17) is 19.3 Å². The van der Waals surface area contributed by atoms with Crippen molar-refractivity contribution in [3.8, 4) is 0 Å². The minimum absolute atomic E-state index is 0.0126. The van der Waals surface area contributed by atoms with Gasteiger partial charge in [0.1, 0.15) is 35.5 Å². The summed E-state index contributed by atoms with van der Waals surface area (Å²) in [7, 11) is 1.32. The van der Waals surface area contributed by atoms with Gasteiger partial charge in [0.15, 0.2) is 10.8 Å². The molecular weight excluding hydrogens is 829 g/mol. The molecule has 0 aliphatic carbocycles. The van der Waals surface area contributed by atoms with Crippen molar-refractivity contribution in [1.29, 1.82) is 0 Å². The van der Waals surface area contributed by atoms with E-state index in [0.29, 0.717) is 15.8 Å². The van der Waals surface area contributed by atoms with Gasteiger partial charge in [-0.05, 0) is 35.1 Å². The van der Waals surface area contributed by atoms with Gasteiger partial charge in [0.25, 0.3) is 11.8 Å². The number of fused-ring (bicyclic) bond motifs is 1. The van der Waals surface area contributed by atoms with Gasteiger partial charge in [-0.1, -0.05) is 108 Å². The number of carbonyl (C=O) groups is 4. The largest absolute Gasteiger partial charge is 0.426 e. The molecule has 2 aliphatic heterocycles. The van der Waals surface area contributed by atoms with Gasteiger partial charge in [-0.3, -0.25) is 19.3 Å². The lowest BCUT2D eigenvalue weighted by molar-refractivity contribution is -0.182. The Hall–Kier alpha value is -5.75. The van der Waals surface area contributed by atoms with E-state index in [-0.39, 0.29) is 17.1 Å². The molecule has 0 bridgehead atoms. The third-order valence-electron chi connectivity index (χ3n) is 9.29. The lowest BCUT2D eigenvalue weighted by atomic mass is 9.77. The number of hydrogen-bond donors (Lipinski definition) is 2. The number of nitrogens with zero attached hydrogens (tertiary/aromatic N) is 4. The van der Waals surface area contributed by atoms with Gasteiger partial charge in [-0.2, -0.15) is 0 Å². The number of thiazole rings is 2. The predicted octanol–water partition coefficient (Wildman–Crippen LogP) is 7.13. The van der Waals surface area contributed by atoms with Crippen molar-refractivity contribution in [2.75, 3.05) is 18.2 Å². The van der Waals surface area contributed by atoms with Gasteiger partial charge < -0.3 is 24.9 Å². The second-order valence-corrected chi connectivity index (χ2v) is 16.9. The number of β-lactam (4-membered cyclic amide) rings is 1. The van der Waals surface area contributed by atoms with Crippen molar-refractivity contribution >= 4 is 86.9 Å². The molecule has 1 saturated heterocycles. The van der Waals surface area contributed by atoms with E-state index in [1.165, 1.54) is 72.1 Å². The van der Waals surface area contributed by atoms with E-state index in [1.54, 1.807) is 10.9 Å². The minimum Gasteiger partial charge on any atom is -0.426 e. The van der Waals surface area contributed by atoms with Crippen LogP contribution >= 0.6 is 46.2 Å². The molecule has 4 heterocycles. The molecule has 17 heteroatoms. The fourth-order valence-electron chi connectivity index (χ4n) is 6.67. The number of esters is 2. The summed E-state index contributed by atoms with van der Waals surface area (Å²) in [6.45, 7) is 4.51. The number of aromatic nitrogens is 2. The molecule has 2 amide bonds. The molecule has 3 atom stereocenters. The molecule has 5 aromatic rings. The topological polar surface area (TPSA) is 161 Å². The Morgan fingerprint density at radius 2 is 1.59 bits per heavy atom. The molecule has 13 nitrogen and oxygen atoms in total. The first kappa shape index (κ1) is 41.4. The number of nitrogens with one attached hydrogen (secondary N) is 2. The molecule has 0 saturated carbocycles. The van der Waals surface area contributed by atoms with Gasteiger partial charge in [-0.15, -0.1) is 34.4 Å². The molecule has 302 valence electrons. The molecular formula is C42H38N6O7S4. The maximum atomic E-state index is 14.0. The first-order chi connectivity index (χ1) is 28.6. The van der Waals surface area contributed by atoms with E-state index in [9.17, 15) is 19.2 Å². The third kappa shape index (κ3) is 8.83. The smallest absolute Gasteiger partial charge is 0.359 e. The lowest BCUT2D eigenvalue weighted by Crippen LogP contribution is -2.71. The number of rotatable bonds is 15. The zero-order valence-corrected chi connectivity index (χ0v) is 35.5. The highest BCUT2D eigenvalue weighted by molar-refractivity contribution is 8.08. The van der Waals surface area contributed by atoms with Crippen LogP contribution in [0.2, 0.25) is 0 Å². The Morgan fingerprint density at radius 3 is 2.15 bits per heavy atom. The fraction of sp³-hybridized carbons (Fsp3) is 0.214. The van der Waals surface area contributed by atoms with Crippen LogP contribution in [-0.2, 0) is 39.0 Å². The van der Waals surface area contributed by atoms with Crippen LogP contribution in [0.5, 0.6) is 0 Å². The van der Waals surface area contributed by atoms with Gasteiger partial charge in [0.05, 0.1) is 16.1 Å². The standard InChI is InChI=1S/C42H38N6O7S4/c1-25-32(59-24-43-25)20-21-56-33-23-57-39-35(38(51)48(39)36(33)40(52)55-27(3)54-26(2)49)45-37(50)34(47-53-4)31-22-58-41(44-31)46-42(28-14-8-5-9-15-28,29-16-10-6-11-17-29)30-18-12-7-13-19-30/h5-22,24,27,35,39H,23H2,1-4H3,(H,44,46)(H,45,50)/b21-20-,47-34-/t27?,35-,39-/m1/s1. The van der Waals surface area contributed by atoms with E-state index in [1.807, 2.05) is 73.0 Å². The Balaban J connectivity index is 1.13. The fourth-order valence-corrected chi connectivity index (χ4v) is 10.5. The van der Waals surface area contributed by atoms with Crippen LogP contribution in [-0.4, -0.2) is 74.9 Å². The first-order valence-corrected chi connectivity index (χ1v) is 21.9. The Morgan fingerprint density at radius 1 is 0.966 bits per heavy atom. The number of amides is 2. The monoisotopic (exact) mass is 866 g/mol. The third-order valence-corrected chi connectivity index (χ3v) is 13.3. The van der Waals surface area contributed by atoms with Crippen LogP contribution in [0.15, 0.2) is 123 Å². The molecule has 0 spiro atoms. The quantitative estimate of drug-likeness (QED) is 0.0274. The highest BCUT2D eigenvalue weighted by atomic mass is 32.2. The Kier molecular flexibility index (Phi) is 12.9. The molecule has 1 fully saturated rings. The number of ether oxygens (including phenoxy) is 2. The van der Waals surface area contributed by atoms with Crippen LogP contribution in [0.25, 0.3) is 6.08 Å². The summed E-state index contributed by atoms with van der Waals surface area (Å²) < 4.78 is 10.5. The molecule has 0 radical (unpaired) electrons. The van der Waals surface area contributed by atoms with Crippen molar-refractivity contribution in [1.82, 2.24) is 20.2 Å². The zero-order valence-electron chi connectivity index (χ0n) is 32.2. The van der Waals surface area contributed by atoms with Crippen molar-refractivity contribution in [2.45, 2.75) is 44.0 Å². The van der Waals surface area contributed by atoms with Crippen LogP contribution in [0.3, 0.4) is 0 Å². The first-order valence-electron chi connectivity index (χ1n) is 18.2. The number of hydrogen-bond acceptors (Lipinski definition) is 15. The summed E-state index contributed by atoms with van der Waals surface area (Å²) in [5.41, 5.74) is 4.76. The van der Waals surface area contributed by atoms with Crippen molar-refractivity contribution in [2.24, 2.45) is 5.16 Å². The van der Waals surface area contributed by atoms with Crippen molar-refractivity contribution in [3.05, 3.63) is 151 Å². The summed E-state index contributed by atoms with van der Waals surface area (Å²) in [4.78, 5) is 70.1. The maximum absolute atomic E-state index is 14.0. The number of benzene rings is 3. The van der Waals surface area contributed by atoms with E-state index >= 15 is 0 Å². The van der Waals surface area contributed by atoms with Gasteiger partial charge in [0.2, 0.25) is 6.29 Å². The van der Waals surface area contributed by atoms with Crippen LogP contribution in [0.1, 0.15) is 46.8 Å². The highest BCUT2D eigenvalue weighted by Crippen LogP contribution is 2.45. The zero-order chi connectivity index (χ0) is 41.5. The number of aryl methyl sites for hydroxylation is 1. The van der Waals surface area contributed by atoms with Crippen LogP contribution < -0.4 is 10.6 Å². The Labute approximate surface area is 356 Å². The lowest BCUT2D eigenvalue weighted by Gasteiger charge is -2.49. The van der Waals surface area contributed by atoms with E-state index in [2.05, 4.69) is 57.2 Å². The van der Waals surface area contributed by atoms with Crippen molar-refractivity contribution < 1.29 is 33.5 Å². The number of oxime groups is 1. The molecule has 3 aromatic carbocycles. The summed E-state index contributed by atoms with van der Waals surface area (Å²) >= 11 is 5.42. The Bertz CT molecular complexity index is 2320. The van der Waals surface area contributed by atoms with E-state index in [0.717, 1.165) is 27.3 Å². The van der Waals surface area contributed by atoms with Crippen LogP contribution in [0, 0.1) is 6.92 Å². The average molecular weight is 867 g/mol. The van der Waals surface area contributed by atoms with E-state index < -0.39 is 47.0 Å². The van der Waals surface area contributed by atoms with Gasteiger partial charge in [-0.25, -0.2) is 14.8 Å². The molecule has 2 aromatic heterocycles. The predicted molar refractivity (Wildman–Crippen MR) is 231 cm³/mol. The normalized spacial score (nSPS) is 17.2. The van der Waals surface area contributed by atoms with Crippen LogP contribution in [0.4, 0.5) is 5.13 Å². The van der Waals surface area contributed by atoms with Gasteiger partial charge in [0, 0.05) is 29.9 Å². The highest BCUT2D eigenvalue weighted by Gasteiger charge is 2.55. The average Bonchev–Trinajstić information content (AvgIpc) is 3.89. The number of thioether (sulfide) groups is 2. The summed E-state index contributed by atoms with van der Waals surface area (Å²) in [6, 6.07) is 29.1. The summed E-state index contributed by atoms with van der Waals surface area (Å²) in [6.07, 6.45) is 0.686. The molecule has 59 heavy (non-hydrogen) atoms. The second-order valence-electron chi connectivity index (χ2n) is 13.1. The second kappa shape index (κ2) is 18.4. The van der Waals surface area contributed by atoms with Crippen molar-refractivity contribution in [3.63, 3.8) is 0 Å². The molecule has 2 N–H and O–H groups in total. The maximum Gasteiger partial charge on any atom is 0.359 e. The number of carbonyl (C=O) groups excluding carboxylic acids is 4. The molecule has 7 rings (SSSR count). The molecule has 1 unspecified atom stereocenters. The molecule has 2 aliphatic rings. The SMILES string of the molecule is CO/N=C(\C(=O)N[C@@H]1C(=O)N2C(C(=O)OC(C)OC(C)=O)=C(S/C=C\c3scnc3C)CS[C@H]12)c1csc(NC(c2ccccc2)(c2ccccc2)c2ccccc2)n1. The summed E-state index contributed by atoms with van der Waals surface area (Å²) in [5.74, 6) is -2.36. The van der Waals surface area contributed by atoms with Gasteiger partial charge >= 0.3 is 11.9 Å².